The van der Waals surface area contributed by atoms with E-state index >= 15 is 0 Å². The fraction of sp³-hybridized carbons (Fsp3) is 0.167. The number of nitrogens with one attached hydrogen (secondary N) is 1. The van der Waals surface area contributed by atoms with Crippen LogP contribution in [0.5, 0.6) is 5.88 Å². The van der Waals surface area contributed by atoms with Gasteiger partial charge in [-0.2, -0.15) is 0 Å². The molecule has 0 saturated carbocycles. The third-order valence-corrected chi connectivity index (χ3v) is 5.35. The van der Waals surface area contributed by atoms with Gasteiger partial charge in [-0.05, 0) is 36.8 Å². The molecule has 7 nitrogen and oxygen atoms in total. The quantitative estimate of drug-likeness (QED) is 0.554. The maximum atomic E-state index is 13.0. The molecule has 0 saturated heterocycles. The molecule has 3 aromatic rings. The highest BCUT2D eigenvalue weighted by molar-refractivity contribution is 7.84. The lowest BCUT2D eigenvalue weighted by Crippen LogP contribution is -2.19. The lowest BCUT2D eigenvalue weighted by molar-refractivity contribution is -0.276. The molecule has 1 amide bonds. The molecule has 1 atom stereocenters. The Balaban J connectivity index is 2.09. The molecule has 1 unspecified atom stereocenters. The van der Waals surface area contributed by atoms with Crippen molar-refractivity contribution in [3.63, 3.8) is 0 Å². The molecule has 0 radical (unpaired) electrons. The van der Waals surface area contributed by atoms with Gasteiger partial charge in [0.25, 0.3) is 5.91 Å². The molecule has 164 valence electrons. The third-order valence-electron chi connectivity index (χ3n) is 3.89. The summed E-state index contributed by atoms with van der Waals surface area (Å²) in [7, 11) is -1.52. The van der Waals surface area contributed by atoms with Crippen molar-refractivity contribution < 1.29 is 26.9 Å². The van der Waals surface area contributed by atoms with Crippen molar-refractivity contribution in [3.05, 3.63) is 57.8 Å². The summed E-state index contributed by atoms with van der Waals surface area (Å²) < 4.78 is 54.8. The first-order chi connectivity index (χ1) is 14.5. The van der Waals surface area contributed by atoms with E-state index < -0.39 is 28.9 Å². The summed E-state index contributed by atoms with van der Waals surface area (Å²) >= 11 is 12.1. The number of anilines is 1. The molecule has 0 bridgehead atoms. The average Bonchev–Trinajstić information content (AvgIpc) is 3.05. The lowest BCUT2D eigenvalue weighted by atomic mass is 10.2. The number of hydrogen-bond acceptors (Lipinski definition) is 5. The van der Waals surface area contributed by atoms with Crippen LogP contribution in [-0.4, -0.2) is 37.5 Å². The summed E-state index contributed by atoms with van der Waals surface area (Å²) in [5.74, 6) is -1.83. The third kappa shape index (κ3) is 5.35. The fourth-order valence-electron chi connectivity index (χ4n) is 2.66. The molecule has 0 spiro atoms. The standard InChI is InChI=1S/C18H13Cl2F3N4O3S/c1-9-6-10(19)7-13(31(2)29)15(9)25-17(28)12-8-14(30-18(21,22)23)26-27(12)16-11(20)4-3-5-24-16/h3-8H,1-2H3,(H,25,28). The molecule has 1 N–H and O–H groups in total. The first-order valence-electron chi connectivity index (χ1n) is 8.38. The van der Waals surface area contributed by atoms with Crippen LogP contribution < -0.4 is 10.1 Å². The predicted molar refractivity (Wildman–Crippen MR) is 110 cm³/mol. The van der Waals surface area contributed by atoms with E-state index in [1.165, 1.54) is 30.7 Å². The van der Waals surface area contributed by atoms with Crippen LogP contribution in [0, 0.1) is 6.92 Å². The number of pyridine rings is 1. The van der Waals surface area contributed by atoms with Gasteiger partial charge in [-0.15, -0.1) is 18.3 Å². The number of alkyl halides is 3. The van der Waals surface area contributed by atoms with Gasteiger partial charge in [0.1, 0.15) is 5.69 Å². The zero-order chi connectivity index (χ0) is 22.9. The van der Waals surface area contributed by atoms with Crippen LogP contribution in [0.4, 0.5) is 18.9 Å². The van der Waals surface area contributed by atoms with Gasteiger partial charge in [-0.3, -0.25) is 9.00 Å². The summed E-state index contributed by atoms with van der Waals surface area (Å²) in [6, 6.07) is 6.69. The molecule has 31 heavy (non-hydrogen) atoms. The maximum absolute atomic E-state index is 13.0. The van der Waals surface area contributed by atoms with Crippen molar-refractivity contribution in [1.29, 1.82) is 0 Å². The maximum Gasteiger partial charge on any atom is 0.574 e. The summed E-state index contributed by atoms with van der Waals surface area (Å²) in [6.07, 6.45) is -2.30. The Hall–Kier alpha value is -2.63. The minimum Gasteiger partial charge on any atom is -0.386 e. The molecule has 0 fully saturated rings. The average molecular weight is 493 g/mol. The number of benzene rings is 1. The first-order valence-corrected chi connectivity index (χ1v) is 10.7. The smallest absolute Gasteiger partial charge is 0.386 e. The predicted octanol–water partition coefficient (Wildman–Crippen LogP) is 4.77. The van der Waals surface area contributed by atoms with Crippen LogP contribution in [0.3, 0.4) is 0 Å². The number of carbonyl (C=O) groups excluding carboxylic acids is 1. The molecular weight excluding hydrogens is 480 g/mol. The van der Waals surface area contributed by atoms with Gasteiger partial charge >= 0.3 is 6.36 Å². The number of rotatable bonds is 5. The van der Waals surface area contributed by atoms with E-state index in [0.717, 1.165) is 10.7 Å². The minimum absolute atomic E-state index is 0.0382. The van der Waals surface area contributed by atoms with E-state index in [4.69, 9.17) is 23.2 Å². The summed E-state index contributed by atoms with van der Waals surface area (Å²) in [5, 5.41) is 6.57. The highest BCUT2D eigenvalue weighted by Crippen LogP contribution is 2.30. The molecule has 3 rings (SSSR count). The van der Waals surface area contributed by atoms with Crippen molar-refractivity contribution in [2.45, 2.75) is 18.2 Å². The lowest BCUT2D eigenvalue weighted by Gasteiger charge is -2.14. The van der Waals surface area contributed by atoms with Gasteiger partial charge in [0.05, 0.1) is 26.4 Å². The van der Waals surface area contributed by atoms with E-state index in [2.05, 4.69) is 20.1 Å². The van der Waals surface area contributed by atoms with E-state index in [9.17, 15) is 22.2 Å². The van der Waals surface area contributed by atoms with Crippen LogP contribution >= 0.6 is 23.2 Å². The van der Waals surface area contributed by atoms with E-state index in [0.29, 0.717) is 10.6 Å². The van der Waals surface area contributed by atoms with Gasteiger partial charge < -0.3 is 10.1 Å². The summed E-state index contributed by atoms with van der Waals surface area (Å²) in [6.45, 7) is 1.63. The van der Waals surface area contributed by atoms with Crippen LogP contribution in [-0.2, 0) is 10.8 Å². The Morgan fingerprint density at radius 2 is 1.97 bits per heavy atom. The highest BCUT2D eigenvalue weighted by Gasteiger charge is 2.34. The van der Waals surface area contributed by atoms with E-state index in [1.54, 1.807) is 13.0 Å². The van der Waals surface area contributed by atoms with Crippen LogP contribution in [0.25, 0.3) is 5.82 Å². The minimum atomic E-state index is -5.03. The Labute approximate surface area is 186 Å². The van der Waals surface area contributed by atoms with Crippen molar-refractivity contribution in [3.8, 4) is 11.7 Å². The fourth-order valence-corrected chi connectivity index (χ4v) is 3.99. The molecule has 0 aliphatic carbocycles. The van der Waals surface area contributed by atoms with E-state index in [1.807, 2.05) is 0 Å². The van der Waals surface area contributed by atoms with Gasteiger partial charge in [0, 0.05) is 23.5 Å². The van der Waals surface area contributed by atoms with Gasteiger partial charge in [0.15, 0.2) is 5.82 Å². The summed E-state index contributed by atoms with van der Waals surface area (Å²) in [4.78, 5) is 17.2. The van der Waals surface area contributed by atoms with Crippen LogP contribution in [0.2, 0.25) is 10.0 Å². The molecule has 13 heteroatoms. The largest absolute Gasteiger partial charge is 0.574 e. The monoisotopic (exact) mass is 492 g/mol. The zero-order valence-corrected chi connectivity index (χ0v) is 18.2. The highest BCUT2D eigenvalue weighted by atomic mass is 35.5. The first kappa shape index (κ1) is 23.0. The molecule has 0 aliphatic rings. The Bertz CT molecular complexity index is 1180. The van der Waals surface area contributed by atoms with E-state index in [-0.39, 0.29) is 27.1 Å². The second-order valence-corrected chi connectivity index (χ2v) is 8.33. The second-order valence-electron chi connectivity index (χ2n) is 6.14. The number of hydrogen-bond donors (Lipinski definition) is 1. The number of aryl methyl sites for hydroxylation is 1. The molecule has 2 aromatic heterocycles. The Morgan fingerprint density at radius 3 is 2.58 bits per heavy atom. The van der Waals surface area contributed by atoms with Crippen LogP contribution in [0.1, 0.15) is 16.1 Å². The SMILES string of the molecule is Cc1cc(Cl)cc(S(C)=O)c1NC(=O)c1cc(OC(F)(F)F)nn1-c1ncccc1Cl. The normalized spacial score (nSPS) is 12.5. The number of carbonyl (C=O) groups is 1. The molecular formula is C18H13Cl2F3N4O3S. The van der Waals surface area contributed by atoms with Gasteiger partial charge in [-0.25, -0.2) is 9.67 Å². The molecule has 1 aromatic carbocycles. The van der Waals surface area contributed by atoms with Crippen LogP contribution in [0.15, 0.2) is 41.4 Å². The van der Waals surface area contributed by atoms with Crippen molar-refractivity contribution in [1.82, 2.24) is 14.8 Å². The summed E-state index contributed by atoms with van der Waals surface area (Å²) in [5.41, 5.74) is 0.357. The number of aromatic nitrogens is 3. The zero-order valence-electron chi connectivity index (χ0n) is 15.8. The molecule has 2 heterocycles. The second kappa shape index (κ2) is 8.85. The van der Waals surface area contributed by atoms with Gasteiger partial charge in [0.2, 0.25) is 5.88 Å². The van der Waals surface area contributed by atoms with Crippen molar-refractivity contribution in [2.24, 2.45) is 0 Å². The molecule has 0 aliphatic heterocycles. The number of amides is 1. The Kier molecular flexibility index (Phi) is 6.58. The number of nitrogens with zero attached hydrogens (tertiary/aromatic N) is 3. The van der Waals surface area contributed by atoms with Gasteiger partial charge in [-0.1, -0.05) is 23.2 Å². The topological polar surface area (TPSA) is 86.1 Å². The number of ether oxygens (including phenoxy) is 1. The van der Waals surface area contributed by atoms with Crippen molar-refractivity contribution in [2.75, 3.05) is 11.6 Å². The Morgan fingerprint density at radius 1 is 1.26 bits per heavy atom. The van der Waals surface area contributed by atoms with Crippen molar-refractivity contribution >= 4 is 45.6 Å². The number of halogens is 5.